The van der Waals surface area contributed by atoms with E-state index in [1.54, 1.807) is 19.2 Å². The number of rotatable bonds is 11. The fourth-order valence-corrected chi connectivity index (χ4v) is 2.10. The zero-order valence-electron chi connectivity index (χ0n) is 13.4. The van der Waals surface area contributed by atoms with E-state index in [2.05, 4.69) is 16.0 Å². The molecule has 1 heterocycles. The molecule has 0 aliphatic carbocycles. The first-order valence-electron chi connectivity index (χ1n) is 7.63. The molecule has 0 bridgehead atoms. The smallest absolute Gasteiger partial charge is 0.326 e. The molecule has 9 nitrogen and oxygen atoms in total. The van der Waals surface area contributed by atoms with Crippen molar-refractivity contribution in [1.29, 1.82) is 0 Å². The van der Waals surface area contributed by atoms with Crippen LogP contribution >= 0.6 is 0 Å². The Kier molecular flexibility index (Phi) is 8.34. The van der Waals surface area contributed by atoms with E-state index in [0.717, 1.165) is 13.0 Å². The van der Waals surface area contributed by atoms with Crippen LogP contribution in [-0.4, -0.2) is 53.9 Å². The highest BCUT2D eigenvalue weighted by atomic mass is 16.4. The monoisotopic (exact) mass is 341 g/mol. The maximum absolute atomic E-state index is 11.9. The Morgan fingerprint density at radius 2 is 1.79 bits per heavy atom. The van der Waals surface area contributed by atoms with Crippen molar-refractivity contribution >= 4 is 18.0 Å². The van der Waals surface area contributed by atoms with E-state index in [4.69, 9.17) is 14.6 Å². The van der Waals surface area contributed by atoms with Crippen molar-refractivity contribution in [2.45, 2.75) is 37.8 Å². The molecule has 0 saturated heterocycles. The number of carbonyl (C=O) groups excluding carboxylic acids is 1. The van der Waals surface area contributed by atoms with E-state index < -0.39 is 30.1 Å². The molecule has 0 radical (unpaired) electrons. The predicted molar refractivity (Wildman–Crippen MR) is 84.7 cm³/mol. The molecule has 0 aromatic carbocycles. The van der Waals surface area contributed by atoms with Gasteiger partial charge in [-0.25, -0.2) is 14.4 Å². The van der Waals surface area contributed by atoms with Crippen LogP contribution in [0.1, 0.15) is 25.0 Å². The largest absolute Gasteiger partial charge is 0.480 e. The number of hydrogen-bond acceptors (Lipinski definition) is 5. The minimum atomic E-state index is -1.23. The third-order valence-electron chi connectivity index (χ3n) is 3.36. The lowest BCUT2D eigenvalue weighted by Crippen LogP contribution is -2.51. The van der Waals surface area contributed by atoms with E-state index >= 15 is 0 Å². The SMILES string of the molecule is CNCCCCC(NC(=O)NC(Cc1ccco1)C(=O)O)C(=O)O. The molecule has 0 aliphatic rings. The molecule has 24 heavy (non-hydrogen) atoms. The van der Waals surface area contributed by atoms with Gasteiger partial charge in [-0.2, -0.15) is 0 Å². The Morgan fingerprint density at radius 3 is 2.33 bits per heavy atom. The van der Waals surface area contributed by atoms with Crippen molar-refractivity contribution in [2.24, 2.45) is 0 Å². The highest BCUT2D eigenvalue weighted by Gasteiger charge is 2.25. The maximum Gasteiger partial charge on any atom is 0.326 e. The van der Waals surface area contributed by atoms with Crippen molar-refractivity contribution in [3.8, 4) is 0 Å². The third-order valence-corrected chi connectivity index (χ3v) is 3.36. The number of carboxylic acids is 2. The second-order valence-corrected chi connectivity index (χ2v) is 5.28. The summed E-state index contributed by atoms with van der Waals surface area (Å²) in [5.74, 6) is -1.99. The van der Waals surface area contributed by atoms with Crippen LogP contribution in [-0.2, 0) is 16.0 Å². The van der Waals surface area contributed by atoms with E-state index in [1.165, 1.54) is 6.26 Å². The van der Waals surface area contributed by atoms with Gasteiger partial charge >= 0.3 is 18.0 Å². The average Bonchev–Trinajstić information content (AvgIpc) is 3.02. The lowest BCUT2D eigenvalue weighted by Gasteiger charge is -2.18. The van der Waals surface area contributed by atoms with Crippen LogP contribution < -0.4 is 16.0 Å². The zero-order valence-corrected chi connectivity index (χ0v) is 13.4. The van der Waals surface area contributed by atoms with Gasteiger partial charge < -0.3 is 30.6 Å². The van der Waals surface area contributed by atoms with Gasteiger partial charge in [-0.3, -0.25) is 0 Å². The van der Waals surface area contributed by atoms with Crippen LogP contribution in [0.2, 0.25) is 0 Å². The topological polar surface area (TPSA) is 141 Å². The first kappa shape index (κ1) is 19.5. The minimum Gasteiger partial charge on any atom is -0.480 e. The molecule has 0 spiro atoms. The fourth-order valence-electron chi connectivity index (χ4n) is 2.10. The van der Waals surface area contributed by atoms with Gasteiger partial charge in [-0.05, 0) is 45.0 Å². The summed E-state index contributed by atoms with van der Waals surface area (Å²) >= 11 is 0. The zero-order chi connectivity index (χ0) is 17.9. The van der Waals surface area contributed by atoms with Crippen LogP contribution in [0, 0.1) is 0 Å². The van der Waals surface area contributed by atoms with Crippen molar-refractivity contribution in [3.05, 3.63) is 24.2 Å². The Hall–Kier alpha value is -2.55. The second-order valence-electron chi connectivity index (χ2n) is 5.28. The van der Waals surface area contributed by atoms with Gasteiger partial charge in [-0.15, -0.1) is 0 Å². The molecule has 5 N–H and O–H groups in total. The first-order valence-corrected chi connectivity index (χ1v) is 7.63. The van der Waals surface area contributed by atoms with Crippen molar-refractivity contribution in [2.75, 3.05) is 13.6 Å². The summed E-state index contributed by atoms with van der Waals surface area (Å²) in [6.07, 6.45) is 3.03. The number of carboxylic acid groups (broad SMARTS) is 2. The number of urea groups is 1. The molecule has 0 saturated carbocycles. The highest BCUT2D eigenvalue weighted by Crippen LogP contribution is 2.05. The standard InChI is InChI=1S/C15H23N3O6/c1-16-7-3-2-6-11(13(19)20)17-15(23)18-12(14(21)22)9-10-5-4-8-24-10/h4-5,8,11-12,16H,2-3,6-7,9H2,1H3,(H,19,20)(H,21,22)(H2,17,18,23). The fraction of sp³-hybridized carbons (Fsp3) is 0.533. The molecule has 1 aromatic heterocycles. The molecule has 1 aromatic rings. The van der Waals surface area contributed by atoms with Gasteiger partial charge in [0.25, 0.3) is 0 Å². The van der Waals surface area contributed by atoms with Crippen LogP contribution in [0.3, 0.4) is 0 Å². The number of amides is 2. The number of hydrogen-bond donors (Lipinski definition) is 5. The van der Waals surface area contributed by atoms with E-state index in [9.17, 15) is 14.4 Å². The lowest BCUT2D eigenvalue weighted by molar-refractivity contribution is -0.139. The summed E-state index contributed by atoms with van der Waals surface area (Å²) in [5, 5.41) is 25.8. The molecule has 0 fully saturated rings. The summed E-state index contributed by atoms with van der Waals surface area (Å²) in [6.45, 7) is 0.753. The van der Waals surface area contributed by atoms with Crippen molar-refractivity contribution < 1.29 is 29.0 Å². The third kappa shape index (κ3) is 7.14. The van der Waals surface area contributed by atoms with Crippen LogP contribution in [0.25, 0.3) is 0 Å². The highest BCUT2D eigenvalue weighted by molar-refractivity contribution is 5.86. The number of unbranched alkanes of at least 4 members (excludes halogenated alkanes) is 1. The van der Waals surface area contributed by atoms with Crippen molar-refractivity contribution in [1.82, 2.24) is 16.0 Å². The van der Waals surface area contributed by atoms with Crippen LogP contribution in [0.4, 0.5) is 4.79 Å². The van der Waals surface area contributed by atoms with Gasteiger partial charge in [0, 0.05) is 6.42 Å². The summed E-state index contributed by atoms with van der Waals surface area (Å²) in [5.41, 5.74) is 0. The van der Waals surface area contributed by atoms with Gasteiger partial charge in [0.1, 0.15) is 17.8 Å². The number of aliphatic carboxylic acids is 2. The van der Waals surface area contributed by atoms with Gasteiger partial charge in [0.15, 0.2) is 0 Å². The molecule has 2 atom stereocenters. The number of nitrogens with one attached hydrogen (secondary N) is 3. The van der Waals surface area contributed by atoms with Gasteiger partial charge in [0.05, 0.1) is 6.26 Å². The van der Waals surface area contributed by atoms with Crippen LogP contribution in [0.5, 0.6) is 0 Å². The maximum atomic E-state index is 11.9. The Bertz CT molecular complexity index is 531. The Balaban J connectivity index is 2.52. The number of furan rings is 1. The summed E-state index contributed by atoms with van der Waals surface area (Å²) in [7, 11) is 1.80. The predicted octanol–water partition coefficient (Wildman–Crippen LogP) is 0.417. The van der Waals surface area contributed by atoms with Crippen LogP contribution in [0.15, 0.2) is 22.8 Å². The second kappa shape index (κ2) is 10.3. The Labute approximate surface area is 139 Å². The summed E-state index contributed by atoms with van der Waals surface area (Å²) < 4.78 is 5.06. The number of carbonyl (C=O) groups is 3. The quantitative estimate of drug-likeness (QED) is 0.367. The summed E-state index contributed by atoms with van der Waals surface area (Å²) in [6, 6.07) is 0.0851. The molecular weight excluding hydrogens is 318 g/mol. The molecule has 0 aliphatic heterocycles. The molecule has 134 valence electrons. The van der Waals surface area contributed by atoms with Crippen molar-refractivity contribution in [3.63, 3.8) is 0 Å². The van der Waals surface area contributed by atoms with E-state index in [0.29, 0.717) is 12.2 Å². The molecule has 2 amide bonds. The molecule has 9 heteroatoms. The minimum absolute atomic E-state index is 0.0321. The van der Waals surface area contributed by atoms with E-state index in [1.807, 2.05) is 0 Å². The normalized spacial score (nSPS) is 13.0. The first-order chi connectivity index (χ1) is 11.4. The van der Waals surface area contributed by atoms with Gasteiger partial charge in [-0.1, -0.05) is 0 Å². The Morgan fingerprint density at radius 1 is 1.12 bits per heavy atom. The molecule has 2 unspecified atom stereocenters. The average molecular weight is 341 g/mol. The summed E-state index contributed by atoms with van der Waals surface area (Å²) in [4.78, 5) is 34.3. The van der Waals surface area contributed by atoms with E-state index in [-0.39, 0.29) is 12.8 Å². The van der Waals surface area contributed by atoms with Gasteiger partial charge in [0.2, 0.25) is 0 Å². The molecule has 1 rings (SSSR count). The lowest BCUT2D eigenvalue weighted by atomic mass is 10.1. The molecular formula is C15H23N3O6.